The van der Waals surface area contributed by atoms with Crippen LogP contribution in [0.2, 0.25) is 0 Å². The number of anilines is 1. The number of nitrogens with one attached hydrogen (secondary N) is 1. The van der Waals surface area contributed by atoms with Crippen LogP contribution in [0.1, 0.15) is 31.2 Å². The number of aliphatic hydroxyl groups excluding tert-OH is 1. The molecule has 1 aliphatic carbocycles. The number of benzene rings is 1. The lowest BCUT2D eigenvalue weighted by atomic mass is 9.87. The number of nitro benzene ring substituents is 1. The first kappa shape index (κ1) is 13.8. The molecule has 1 saturated carbocycles. The Bertz CT molecular complexity index is 468. The summed E-state index contributed by atoms with van der Waals surface area (Å²) in [7, 11) is 0. The third-order valence-electron chi connectivity index (χ3n) is 4.07. The molecule has 2 rings (SSSR count). The van der Waals surface area contributed by atoms with Gasteiger partial charge in [0.1, 0.15) is 0 Å². The molecule has 0 bridgehead atoms. The Morgan fingerprint density at radius 3 is 2.68 bits per heavy atom. The van der Waals surface area contributed by atoms with Gasteiger partial charge in [0, 0.05) is 29.3 Å². The fourth-order valence-electron chi connectivity index (χ4n) is 2.72. The van der Waals surface area contributed by atoms with Crippen molar-refractivity contribution in [3.8, 4) is 0 Å². The Morgan fingerprint density at radius 1 is 1.42 bits per heavy atom. The maximum atomic E-state index is 10.9. The molecule has 0 radical (unpaired) electrons. The molecule has 104 valence electrons. The molecule has 0 spiro atoms. The van der Waals surface area contributed by atoms with E-state index in [0.29, 0.717) is 12.1 Å². The van der Waals surface area contributed by atoms with Gasteiger partial charge in [-0.15, -0.1) is 0 Å². The van der Waals surface area contributed by atoms with Crippen molar-refractivity contribution in [2.24, 2.45) is 5.41 Å². The molecule has 1 aromatic carbocycles. The van der Waals surface area contributed by atoms with Gasteiger partial charge in [0.2, 0.25) is 0 Å². The maximum Gasteiger partial charge on any atom is 0.274 e. The van der Waals surface area contributed by atoms with E-state index in [2.05, 4.69) is 5.32 Å². The zero-order valence-electron chi connectivity index (χ0n) is 11.2. The highest BCUT2D eigenvalue weighted by Crippen LogP contribution is 2.37. The average Bonchev–Trinajstić information content (AvgIpc) is 2.87. The van der Waals surface area contributed by atoms with Crippen LogP contribution in [0.3, 0.4) is 0 Å². The third-order valence-corrected chi connectivity index (χ3v) is 4.07. The standard InChI is InChI=1S/C14H20N2O3/c1-11-4-5-12(8-13(11)16(18)19)15-9-14(10-17)6-2-3-7-14/h4-5,8,15,17H,2-3,6-7,9-10H2,1H3. The van der Waals surface area contributed by atoms with Crippen LogP contribution in [0, 0.1) is 22.5 Å². The zero-order valence-corrected chi connectivity index (χ0v) is 11.2. The van der Waals surface area contributed by atoms with Crippen LogP contribution in [0.5, 0.6) is 0 Å². The molecule has 0 unspecified atom stereocenters. The first-order valence-corrected chi connectivity index (χ1v) is 6.66. The van der Waals surface area contributed by atoms with Crippen molar-refractivity contribution in [2.75, 3.05) is 18.5 Å². The second kappa shape index (κ2) is 5.57. The van der Waals surface area contributed by atoms with Gasteiger partial charge >= 0.3 is 0 Å². The van der Waals surface area contributed by atoms with E-state index in [1.54, 1.807) is 19.1 Å². The molecule has 0 atom stereocenters. The molecule has 0 heterocycles. The summed E-state index contributed by atoms with van der Waals surface area (Å²) < 4.78 is 0. The van der Waals surface area contributed by atoms with Gasteiger partial charge < -0.3 is 10.4 Å². The van der Waals surface area contributed by atoms with Crippen LogP contribution in [-0.2, 0) is 0 Å². The van der Waals surface area contributed by atoms with Crippen molar-refractivity contribution in [3.63, 3.8) is 0 Å². The summed E-state index contributed by atoms with van der Waals surface area (Å²) in [6.07, 6.45) is 4.33. The first-order valence-electron chi connectivity index (χ1n) is 6.66. The highest BCUT2D eigenvalue weighted by atomic mass is 16.6. The molecule has 0 aliphatic heterocycles. The summed E-state index contributed by atoms with van der Waals surface area (Å²) in [5.74, 6) is 0. The zero-order chi connectivity index (χ0) is 13.9. The summed E-state index contributed by atoms with van der Waals surface area (Å²) in [4.78, 5) is 10.5. The van der Waals surface area contributed by atoms with E-state index in [1.807, 2.05) is 6.07 Å². The van der Waals surface area contributed by atoms with Gasteiger partial charge in [0.05, 0.1) is 11.5 Å². The normalized spacial score (nSPS) is 17.4. The average molecular weight is 264 g/mol. The summed E-state index contributed by atoms with van der Waals surface area (Å²) >= 11 is 0. The van der Waals surface area contributed by atoms with Gasteiger partial charge in [-0.2, -0.15) is 0 Å². The van der Waals surface area contributed by atoms with Gasteiger partial charge in [0.25, 0.3) is 5.69 Å². The molecule has 1 aromatic rings. The predicted molar refractivity (Wildman–Crippen MR) is 74.3 cm³/mol. The quantitative estimate of drug-likeness (QED) is 0.633. The Morgan fingerprint density at radius 2 is 2.11 bits per heavy atom. The molecule has 2 N–H and O–H groups in total. The van der Waals surface area contributed by atoms with E-state index in [1.165, 1.54) is 0 Å². The minimum absolute atomic E-state index is 0.0559. The van der Waals surface area contributed by atoms with Crippen molar-refractivity contribution < 1.29 is 10.0 Å². The summed E-state index contributed by atoms with van der Waals surface area (Å²) in [5, 5.41) is 23.7. The second-order valence-electron chi connectivity index (χ2n) is 5.48. The number of nitro groups is 1. The van der Waals surface area contributed by atoms with E-state index in [-0.39, 0.29) is 22.6 Å². The number of nitrogens with zero attached hydrogens (tertiary/aromatic N) is 1. The Labute approximate surface area is 112 Å². The van der Waals surface area contributed by atoms with Gasteiger partial charge in [0.15, 0.2) is 0 Å². The summed E-state index contributed by atoms with van der Waals surface area (Å²) in [5.41, 5.74) is 1.49. The van der Waals surface area contributed by atoms with Crippen LogP contribution in [0.4, 0.5) is 11.4 Å². The highest BCUT2D eigenvalue weighted by molar-refractivity contribution is 5.55. The minimum Gasteiger partial charge on any atom is -0.396 e. The Balaban J connectivity index is 2.07. The molecule has 1 aliphatic rings. The lowest BCUT2D eigenvalue weighted by molar-refractivity contribution is -0.385. The molecular formula is C14H20N2O3. The van der Waals surface area contributed by atoms with E-state index in [9.17, 15) is 15.2 Å². The second-order valence-corrected chi connectivity index (χ2v) is 5.48. The molecule has 19 heavy (non-hydrogen) atoms. The molecular weight excluding hydrogens is 244 g/mol. The number of rotatable bonds is 5. The molecule has 0 aromatic heterocycles. The smallest absolute Gasteiger partial charge is 0.274 e. The summed E-state index contributed by atoms with van der Waals surface area (Å²) in [6.45, 7) is 2.58. The van der Waals surface area contributed by atoms with Gasteiger partial charge in [-0.1, -0.05) is 18.9 Å². The van der Waals surface area contributed by atoms with Gasteiger partial charge in [-0.25, -0.2) is 0 Å². The molecule has 0 amide bonds. The number of aryl methyl sites for hydroxylation is 1. The van der Waals surface area contributed by atoms with E-state index in [0.717, 1.165) is 31.4 Å². The lowest BCUT2D eigenvalue weighted by Gasteiger charge is -2.27. The van der Waals surface area contributed by atoms with E-state index < -0.39 is 0 Å². The number of hydrogen-bond acceptors (Lipinski definition) is 4. The van der Waals surface area contributed by atoms with Crippen molar-refractivity contribution in [1.29, 1.82) is 0 Å². The molecule has 5 nitrogen and oxygen atoms in total. The maximum absolute atomic E-state index is 10.9. The molecule has 1 fully saturated rings. The Kier molecular flexibility index (Phi) is 4.04. The summed E-state index contributed by atoms with van der Waals surface area (Å²) in [6, 6.07) is 5.17. The third kappa shape index (κ3) is 3.04. The van der Waals surface area contributed by atoms with Crippen LogP contribution in [0.15, 0.2) is 18.2 Å². The van der Waals surface area contributed by atoms with Crippen LogP contribution >= 0.6 is 0 Å². The first-order chi connectivity index (χ1) is 9.06. The lowest BCUT2D eigenvalue weighted by Crippen LogP contribution is -2.30. The monoisotopic (exact) mass is 264 g/mol. The SMILES string of the molecule is Cc1ccc(NCC2(CO)CCCC2)cc1[N+](=O)[O-]. The topological polar surface area (TPSA) is 75.4 Å². The van der Waals surface area contributed by atoms with E-state index >= 15 is 0 Å². The number of aliphatic hydroxyl groups is 1. The van der Waals surface area contributed by atoms with Gasteiger partial charge in [-0.3, -0.25) is 10.1 Å². The highest BCUT2D eigenvalue weighted by Gasteiger charge is 2.32. The number of hydrogen-bond donors (Lipinski definition) is 2. The minimum atomic E-state index is -0.363. The van der Waals surface area contributed by atoms with Crippen LogP contribution in [-0.4, -0.2) is 23.2 Å². The van der Waals surface area contributed by atoms with Crippen molar-refractivity contribution in [3.05, 3.63) is 33.9 Å². The van der Waals surface area contributed by atoms with Crippen LogP contribution < -0.4 is 5.32 Å². The fraction of sp³-hybridized carbons (Fsp3) is 0.571. The molecule has 0 saturated heterocycles. The van der Waals surface area contributed by atoms with Crippen molar-refractivity contribution in [2.45, 2.75) is 32.6 Å². The van der Waals surface area contributed by atoms with Crippen molar-refractivity contribution >= 4 is 11.4 Å². The van der Waals surface area contributed by atoms with Gasteiger partial charge in [-0.05, 0) is 25.8 Å². The van der Waals surface area contributed by atoms with Crippen LogP contribution in [0.25, 0.3) is 0 Å². The molecule has 5 heteroatoms. The van der Waals surface area contributed by atoms with E-state index in [4.69, 9.17) is 0 Å². The fourth-order valence-corrected chi connectivity index (χ4v) is 2.72. The Hall–Kier alpha value is -1.62. The predicted octanol–water partition coefficient (Wildman–Crippen LogP) is 2.87. The largest absolute Gasteiger partial charge is 0.396 e. The van der Waals surface area contributed by atoms with Crippen molar-refractivity contribution in [1.82, 2.24) is 0 Å².